The standard InChI is InChI=1S/C19H16F5N3O4/c20-12-2-1-7-25-17(12)16(27-18(29)30-11-4-6-15(28)26-9-11)10-3-5-14(13(21)8-10)31-19(22,23)24/h1-3,5,7-8,11,16H,4,6,9H2,(H,26,28)(H,27,29)/t11?,16-/m0/s1. The van der Waals surface area contributed by atoms with Crippen LogP contribution in [0.2, 0.25) is 0 Å². The summed E-state index contributed by atoms with van der Waals surface area (Å²) < 4.78 is 74.4. The molecule has 2 atom stereocenters. The maximum atomic E-state index is 14.3. The van der Waals surface area contributed by atoms with Crippen LogP contribution >= 0.6 is 0 Å². The molecule has 2 aromatic rings. The van der Waals surface area contributed by atoms with Crippen molar-refractivity contribution in [3.05, 3.63) is 59.4 Å². The Morgan fingerprint density at radius 1 is 1.23 bits per heavy atom. The van der Waals surface area contributed by atoms with E-state index in [9.17, 15) is 31.5 Å². The van der Waals surface area contributed by atoms with Gasteiger partial charge in [-0.05, 0) is 36.2 Å². The van der Waals surface area contributed by atoms with Gasteiger partial charge < -0.3 is 20.1 Å². The topological polar surface area (TPSA) is 89.6 Å². The van der Waals surface area contributed by atoms with Crippen LogP contribution in [0.5, 0.6) is 5.75 Å². The Bertz CT molecular complexity index is 960. The lowest BCUT2D eigenvalue weighted by Gasteiger charge is -2.25. The molecule has 1 aliphatic rings. The number of hydrogen-bond acceptors (Lipinski definition) is 5. The Morgan fingerprint density at radius 3 is 2.61 bits per heavy atom. The largest absolute Gasteiger partial charge is 0.573 e. The number of nitrogens with zero attached hydrogens (tertiary/aromatic N) is 1. The number of carbonyl (C=O) groups excluding carboxylic acids is 2. The first kappa shape index (κ1) is 22.2. The minimum Gasteiger partial charge on any atom is -0.444 e. The van der Waals surface area contributed by atoms with Crippen LogP contribution in [-0.2, 0) is 9.53 Å². The van der Waals surface area contributed by atoms with E-state index in [0.29, 0.717) is 12.1 Å². The molecule has 0 saturated carbocycles. The quantitative estimate of drug-likeness (QED) is 0.690. The maximum absolute atomic E-state index is 14.3. The van der Waals surface area contributed by atoms with E-state index in [4.69, 9.17) is 4.74 Å². The van der Waals surface area contributed by atoms with Crippen LogP contribution in [0, 0.1) is 11.6 Å². The highest BCUT2D eigenvalue weighted by Crippen LogP contribution is 2.30. The highest BCUT2D eigenvalue weighted by Gasteiger charge is 2.33. The Balaban J connectivity index is 1.84. The van der Waals surface area contributed by atoms with Gasteiger partial charge in [0.1, 0.15) is 23.7 Å². The van der Waals surface area contributed by atoms with Crippen molar-refractivity contribution >= 4 is 12.0 Å². The van der Waals surface area contributed by atoms with Gasteiger partial charge in [-0.25, -0.2) is 13.6 Å². The number of alkyl halides is 3. The molecule has 1 aromatic carbocycles. The van der Waals surface area contributed by atoms with Crippen LogP contribution in [0.3, 0.4) is 0 Å². The Labute approximate surface area is 172 Å². The molecule has 0 spiro atoms. The molecule has 7 nitrogen and oxygen atoms in total. The molecule has 1 saturated heterocycles. The molecule has 2 N–H and O–H groups in total. The Morgan fingerprint density at radius 2 is 2.00 bits per heavy atom. The lowest BCUT2D eigenvalue weighted by atomic mass is 10.0. The second-order valence-electron chi connectivity index (χ2n) is 6.56. The summed E-state index contributed by atoms with van der Waals surface area (Å²) in [6.45, 7) is 0.0903. The van der Waals surface area contributed by atoms with Crippen molar-refractivity contribution in [2.45, 2.75) is 31.3 Å². The van der Waals surface area contributed by atoms with E-state index in [1.807, 2.05) is 0 Å². The summed E-state index contributed by atoms with van der Waals surface area (Å²) >= 11 is 0. The monoisotopic (exact) mass is 445 g/mol. The first-order chi connectivity index (χ1) is 14.6. The third-order valence-electron chi connectivity index (χ3n) is 4.33. The molecule has 1 aromatic heterocycles. The summed E-state index contributed by atoms with van der Waals surface area (Å²) in [7, 11) is 0. The third-order valence-corrected chi connectivity index (χ3v) is 4.33. The average Bonchev–Trinajstić information content (AvgIpc) is 2.69. The number of halogens is 5. The smallest absolute Gasteiger partial charge is 0.444 e. The van der Waals surface area contributed by atoms with Gasteiger partial charge in [0.2, 0.25) is 5.91 Å². The normalized spacial score (nSPS) is 17.5. The van der Waals surface area contributed by atoms with Gasteiger partial charge in [-0.1, -0.05) is 6.07 Å². The molecule has 2 amide bonds. The summed E-state index contributed by atoms with van der Waals surface area (Å²) in [5.41, 5.74) is -0.404. The van der Waals surface area contributed by atoms with Crippen LogP contribution < -0.4 is 15.4 Å². The van der Waals surface area contributed by atoms with Crippen LogP contribution in [0.4, 0.5) is 26.7 Å². The molecule has 166 valence electrons. The zero-order chi connectivity index (χ0) is 22.6. The highest BCUT2D eigenvalue weighted by molar-refractivity contribution is 5.77. The van der Waals surface area contributed by atoms with Crippen LogP contribution in [0.15, 0.2) is 36.5 Å². The van der Waals surface area contributed by atoms with E-state index >= 15 is 0 Å². The number of ether oxygens (including phenoxy) is 2. The lowest BCUT2D eigenvalue weighted by Crippen LogP contribution is -2.42. The van der Waals surface area contributed by atoms with Crippen LogP contribution in [0.25, 0.3) is 0 Å². The van der Waals surface area contributed by atoms with Crippen molar-refractivity contribution < 1.29 is 41.0 Å². The van der Waals surface area contributed by atoms with Gasteiger partial charge >= 0.3 is 12.5 Å². The molecule has 12 heteroatoms. The summed E-state index contributed by atoms with van der Waals surface area (Å²) in [4.78, 5) is 27.4. The zero-order valence-corrected chi connectivity index (χ0v) is 15.7. The number of aromatic nitrogens is 1. The molecule has 3 rings (SSSR count). The molecule has 1 aliphatic heterocycles. The summed E-state index contributed by atoms with van der Waals surface area (Å²) in [6, 6.07) is 3.37. The van der Waals surface area contributed by atoms with Gasteiger partial charge in [0, 0.05) is 12.6 Å². The first-order valence-corrected chi connectivity index (χ1v) is 9.02. The van der Waals surface area contributed by atoms with Crippen LogP contribution in [0.1, 0.15) is 30.1 Å². The van der Waals surface area contributed by atoms with E-state index in [2.05, 4.69) is 20.4 Å². The second-order valence-corrected chi connectivity index (χ2v) is 6.56. The molecule has 1 fully saturated rings. The number of carbonyl (C=O) groups is 2. The molecule has 31 heavy (non-hydrogen) atoms. The molecular formula is C19H16F5N3O4. The predicted octanol–water partition coefficient (Wildman–Crippen LogP) is 3.35. The SMILES string of the molecule is O=C1CCC(OC(=O)N[C@@H](c2ccc(OC(F)(F)F)c(F)c2)c2ncccc2F)CN1. The number of nitrogens with one attached hydrogen (secondary N) is 2. The fourth-order valence-corrected chi connectivity index (χ4v) is 2.94. The molecule has 0 aliphatic carbocycles. The minimum atomic E-state index is -5.10. The van der Waals surface area contributed by atoms with Gasteiger partial charge in [0.05, 0.1) is 6.54 Å². The van der Waals surface area contributed by atoms with Crippen molar-refractivity contribution in [2.75, 3.05) is 6.54 Å². The molecule has 2 heterocycles. The second kappa shape index (κ2) is 9.14. The van der Waals surface area contributed by atoms with Gasteiger partial charge in [-0.2, -0.15) is 0 Å². The van der Waals surface area contributed by atoms with E-state index in [0.717, 1.165) is 12.1 Å². The maximum Gasteiger partial charge on any atom is 0.573 e. The Kier molecular flexibility index (Phi) is 6.56. The third kappa shape index (κ3) is 6.03. The fourth-order valence-electron chi connectivity index (χ4n) is 2.94. The van der Waals surface area contributed by atoms with Crippen molar-refractivity contribution in [1.82, 2.24) is 15.6 Å². The first-order valence-electron chi connectivity index (χ1n) is 9.02. The van der Waals surface area contributed by atoms with E-state index in [-0.39, 0.29) is 36.6 Å². The summed E-state index contributed by atoms with van der Waals surface area (Å²) in [6.07, 6.45) is -5.08. The van der Waals surface area contributed by atoms with Crippen molar-refractivity contribution in [3.63, 3.8) is 0 Å². The number of alkyl carbamates (subject to hydrolysis) is 1. The van der Waals surface area contributed by atoms with Crippen LogP contribution in [-0.4, -0.2) is 36.0 Å². The van der Waals surface area contributed by atoms with E-state index in [1.165, 1.54) is 12.3 Å². The Hall–Kier alpha value is -3.44. The van der Waals surface area contributed by atoms with Gasteiger partial charge in [-0.15, -0.1) is 13.2 Å². The number of benzene rings is 1. The fraction of sp³-hybridized carbons (Fsp3) is 0.316. The number of pyridine rings is 1. The number of rotatable bonds is 5. The van der Waals surface area contributed by atoms with Crippen molar-refractivity contribution in [3.8, 4) is 5.75 Å². The predicted molar refractivity (Wildman–Crippen MR) is 94.8 cm³/mol. The van der Waals surface area contributed by atoms with E-state index in [1.54, 1.807) is 0 Å². The average molecular weight is 445 g/mol. The van der Waals surface area contributed by atoms with Gasteiger partial charge in [0.25, 0.3) is 0 Å². The highest BCUT2D eigenvalue weighted by atomic mass is 19.4. The molecule has 0 bridgehead atoms. The van der Waals surface area contributed by atoms with Gasteiger partial charge in [-0.3, -0.25) is 9.78 Å². The summed E-state index contributed by atoms with van der Waals surface area (Å²) in [5, 5.41) is 4.86. The van der Waals surface area contributed by atoms with Gasteiger partial charge in [0.15, 0.2) is 11.6 Å². The number of hydrogen-bond donors (Lipinski definition) is 2. The van der Waals surface area contributed by atoms with Crippen molar-refractivity contribution in [2.24, 2.45) is 0 Å². The van der Waals surface area contributed by atoms with E-state index < -0.39 is 42.0 Å². The molecule has 0 radical (unpaired) electrons. The zero-order valence-electron chi connectivity index (χ0n) is 15.7. The number of piperidine rings is 1. The molecular weight excluding hydrogens is 429 g/mol. The summed E-state index contributed by atoms with van der Waals surface area (Å²) in [5.74, 6) is -3.49. The van der Waals surface area contributed by atoms with Crippen molar-refractivity contribution in [1.29, 1.82) is 0 Å². The molecule has 1 unspecified atom stereocenters. The minimum absolute atomic E-state index is 0.0903. The number of amides is 2. The lowest BCUT2D eigenvalue weighted by molar-refractivity contribution is -0.275.